The van der Waals surface area contributed by atoms with Crippen molar-refractivity contribution in [2.24, 2.45) is 0 Å². The van der Waals surface area contributed by atoms with Crippen LogP contribution in [0, 0.1) is 0 Å². The van der Waals surface area contributed by atoms with Gasteiger partial charge in [-0.2, -0.15) is 0 Å². The highest BCUT2D eigenvalue weighted by Crippen LogP contribution is 2.19. The Bertz CT molecular complexity index is 799. The third-order valence-corrected chi connectivity index (χ3v) is 4.80. The Labute approximate surface area is 160 Å². The fraction of sp³-hybridized carbons (Fsp3) is 0.364. The molecule has 0 aromatic heterocycles. The first-order chi connectivity index (χ1) is 13.0. The SMILES string of the molecule is CC(C)c1ccc(NC(=O)COCC(=O)N2CCc3ccccc3C2)cc1. The highest BCUT2D eigenvalue weighted by atomic mass is 16.5. The molecule has 0 bridgehead atoms. The third kappa shape index (κ3) is 5.17. The highest BCUT2D eigenvalue weighted by Gasteiger charge is 2.20. The van der Waals surface area contributed by atoms with Gasteiger partial charge in [0.1, 0.15) is 13.2 Å². The zero-order valence-corrected chi connectivity index (χ0v) is 15.9. The molecule has 0 aliphatic carbocycles. The minimum Gasteiger partial charge on any atom is -0.362 e. The van der Waals surface area contributed by atoms with Gasteiger partial charge in [0.25, 0.3) is 0 Å². The molecule has 3 rings (SSSR count). The fourth-order valence-electron chi connectivity index (χ4n) is 3.18. The van der Waals surface area contributed by atoms with Crippen LogP contribution in [0.5, 0.6) is 0 Å². The maximum absolute atomic E-state index is 12.3. The van der Waals surface area contributed by atoms with E-state index in [-0.39, 0.29) is 25.0 Å². The Morgan fingerprint density at radius 1 is 1.04 bits per heavy atom. The number of carbonyl (C=O) groups excluding carboxylic acids is 2. The average molecular weight is 366 g/mol. The van der Waals surface area contributed by atoms with E-state index in [4.69, 9.17) is 4.74 Å². The molecular formula is C22H26N2O3. The van der Waals surface area contributed by atoms with Crippen molar-refractivity contribution < 1.29 is 14.3 Å². The molecule has 1 N–H and O–H groups in total. The summed E-state index contributed by atoms with van der Waals surface area (Å²) in [5.41, 5.74) is 4.43. The van der Waals surface area contributed by atoms with Crippen molar-refractivity contribution in [3.05, 3.63) is 65.2 Å². The predicted octanol–water partition coefficient (Wildman–Crippen LogP) is 3.35. The monoisotopic (exact) mass is 366 g/mol. The number of amides is 2. The second-order valence-electron chi connectivity index (χ2n) is 7.15. The van der Waals surface area contributed by atoms with Gasteiger partial charge in [0.05, 0.1) is 0 Å². The Morgan fingerprint density at radius 3 is 2.44 bits per heavy atom. The van der Waals surface area contributed by atoms with Crippen LogP contribution < -0.4 is 5.32 Å². The molecule has 2 aromatic carbocycles. The summed E-state index contributed by atoms with van der Waals surface area (Å²) in [5, 5.41) is 2.79. The topological polar surface area (TPSA) is 58.6 Å². The van der Waals surface area contributed by atoms with E-state index < -0.39 is 0 Å². The molecule has 0 saturated heterocycles. The summed E-state index contributed by atoms with van der Waals surface area (Å²) >= 11 is 0. The Hall–Kier alpha value is -2.66. The summed E-state index contributed by atoms with van der Waals surface area (Å²) in [7, 11) is 0. The van der Waals surface area contributed by atoms with Crippen LogP contribution in [0.1, 0.15) is 36.5 Å². The lowest BCUT2D eigenvalue weighted by molar-refractivity contribution is -0.138. The quantitative estimate of drug-likeness (QED) is 0.853. The number of rotatable bonds is 6. The smallest absolute Gasteiger partial charge is 0.250 e. The van der Waals surface area contributed by atoms with E-state index in [2.05, 4.69) is 25.2 Å². The van der Waals surface area contributed by atoms with Gasteiger partial charge in [0.15, 0.2) is 0 Å². The third-order valence-electron chi connectivity index (χ3n) is 4.80. The second-order valence-corrected chi connectivity index (χ2v) is 7.15. The van der Waals surface area contributed by atoms with E-state index in [9.17, 15) is 9.59 Å². The predicted molar refractivity (Wildman–Crippen MR) is 106 cm³/mol. The van der Waals surface area contributed by atoms with Crippen molar-refractivity contribution in [1.29, 1.82) is 0 Å². The van der Waals surface area contributed by atoms with Crippen molar-refractivity contribution in [2.75, 3.05) is 25.1 Å². The molecule has 0 radical (unpaired) electrons. The number of nitrogens with one attached hydrogen (secondary N) is 1. The van der Waals surface area contributed by atoms with Crippen LogP contribution >= 0.6 is 0 Å². The molecule has 0 fully saturated rings. The maximum Gasteiger partial charge on any atom is 0.250 e. The molecule has 1 heterocycles. The fourth-order valence-corrected chi connectivity index (χ4v) is 3.18. The van der Waals surface area contributed by atoms with Gasteiger partial charge >= 0.3 is 0 Å². The van der Waals surface area contributed by atoms with Crippen LogP contribution in [0.4, 0.5) is 5.69 Å². The molecule has 27 heavy (non-hydrogen) atoms. The van der Waals surface area contributed by atoms with Gasteiger partial charge in [-0.25, -0.2) is 0 Å². The number of anilines is 1. The Kier molecular flexibility index (Phi) is 6.24. The molecule has 2 amide bonds. The molecule has 0 unspecified atom stereocenters. The maximum atomic E-state index is 12.3. The number of hydrogen-bond acceptors (Lipinski definition) is 3. The first-order valence-corrected chi connectivity index (χ1v) is 9.35. The largest absolute Gasteiger partial charge is 0.362 e. The van der Waals surface area contributed by atoms with Crippen LogP contribution in [0.2, 0.25) is 0 Å². The van der Waals surface area contributed by atoms with Crippen LogP contribution in [-0.4, -0.2) is 36.5 Å². The Morgan fingerprint density at radius 2 is 1.74 bits per heavy atom. The summed E-state index contributed by atoms with van der Waals surface area (Å²) in [6.07, 6.45) is 0.856. The van der Waals surface area contributed by atoms with Crippen LogP contribution in [0.3, 0.4) is 0 Å². The summed E-state index contributed by atoms with van der Waals surface area (Å²) in [6.45, 7) is 5.32. The van der Waals surface area contributed by atoms with E-state index in [1.165, 1.54) is 16.7 Å². The normalized spacial score (nSPS) is 13.4. The first kappa shape index (κ1) is 19.1. The molecule has 2 aromatic rings. The van der Waals surface area contributed by atoms with Gasteiger partial charge in [-0.15, -0.1) is 0 Å². The molecule has 142 valence electrons. The summed E-state index contributed by atoms with van der Waals surface area (Å²) < 4.78 is 5.33. The number of nitrogens with zero attached hydrogens (tertiary/aromatic N) is 1. The van der Waals surface area contributed by atoms with Crippen molar-refractivity contribution in [3.8, 4) is 0 Å². The van der Waals surface area contributed by atoms with Crippen molar-refractivity contribution in [1.82, 2.24) is 4.90 Å². The lowest BCUT2D eigenvalue weighted by Gasteiger charge is -2.28. The van der Waals surface area contributed by atoms with E-state index in [0.717, 1.165) is 12.1 Å². The van der Waals surface area contributed by atoms with Gasteiger partial charge in [-0.3, -0.25) is 9.59 Å². The van der Waals surface area contributed by atoms with Crippen molar-refractivity contribution in [2.45, 2.75) is 32.7 Å². The standard InChI is InChI=1S/C22H26N2O3/c1-16(2)17-7-9-20(10-8-17)23-21(25)14-27-15-22(26)24-12-11-18-5-3-4-6-19(18)13-24/h3-10,16H,11-15H2,1-2H3,(H,23,25). The first-order valence-electron chi connectivity index (χ1n) is 9.35. The molecule has 1 aliphatic heterocycles. The number of hydrogen-bond donors (Lipinski definition) is 1. The molecule has 0 saturated carbocycles. The lowest BCUT2D eigenvalue weighted by Crippen LogP contribution is -2.38. The van der Waals surface area contributed by atoms with E-state index in [1.54, 1.807) is 4.90 Å². The molecule has 5 heteroatoms. The Balaban J connectivity index is 1.41. The van der Waals surface area contributed by atoms with E-state index >= 15 is 0 Å². The van der Waals surface area contributed by atoms with Gasteiger partial charge < -0.3 is 15.0 Å². The van der Waals surface area contributed by atoms with E-state index in [0.29, 0.717) is 19.0 Å². The minimum atomic E-state index is -0.260. The van der Waals surface area contributed by atoms with Gasteiger partial charge in [-0.1, -0.05) is 50.2 Å². The summed E-state index contributed by atoms with van der Waals surface area (Å²) in [6, 6.07) is 15.9. The molecule has 0 spiro atoms. The van der Waals surface area contributed by atoms with Crippen LogP contribution in [0.25, 0.3) is 0 Å². The van der Waals surface area contributed by atoms with Gasteiger partial charge in [0, 0.05) is 18.8 Å². The lowest BCUT2D eigenvalue weighted by atomic mass is 10.00. The van der Waals surface area contributed by atoms with Gasteiger partial charge in [0.2, 0.25) is 11.8 Å². The molecular weight excluding hydrogens is 340 g/mol. The molecule has 1 aliphatic rings. The van der Waals surface area contributed by atoms with E-state index in [1.807, 2.05) is 42.5 Å². The van der Waals surface area contributed by atoms with Gasteiger partial charge in [-0.05, 0) is 41.2 Å². The molecule has 0 atom stereocenters. The number of benzene rings is 2. The number of fused-ring (bicyclic) bond motifs is 1. The highest BCUT2D eigenvalue weighted by molar-refractivity contribution is 5.91. The summed E-state index contributed by atoms with van der Waals surface area (Å²) in [5.74, 6) is 0.105. The van der Waals surface area contributed by atoms with Crippen molar-refractivity contribution >= 4 is 17.5 Å². The summed E-state index contributed by atoms with van der Waals surface area (Å²) in [4.78, 5) is 26.1. The van der Waals surface area contributed by atoms with Crippen LogP contribution in [-0.2, 0) is 27.3 Å². The minimum absolute atomic E-state index is 0.0815. The number of ether oxygens (including phenoxy) is 1. The van der Waals surface area contributed by atoms with Crippen molar-refractivity contribution in [3.63, 3.8) is 0 Å². The van der Waals surface area contributed by atoms with Crippen LogP contribution in [0.15, 0.2) is 48.5 Å². The zero-order valence-electron chi connectivity index (χ0n) is 15.9. The second kappa shape index (κ2) is 8.82. The average Bonchev–Trinajstić information content (AvgIpc) is 2.68. The zero-order chi connectivity index (χ0) is 19.2. The molecule has 5 nitrogen and oxygen atoms in total. The number of carbonyl (C=O) groups is 2.